The van der Waals surface area contributed by atoms with E-state index in [1.807, 2.05) is 0 Å². The number of ether oxygens (including phenoxy) is 1. The molecule has 0 radical (unpaired) electrons. The Morgan fingerprint density at radius 2 is 2.05 bits per heavy atom. The molecule has 3 atom stereocenters. The van der Waals surface area contributed by atoms with Crippen LogP contribution in [0.4, 0.5) is 8.78 Å². The van der Waals surface area contributed by atoms with Gasteiger partial charge >= 0.3 is 5.69 Å². The minimum Gasteiger partial charge on any atom is -0.393 e. The van der Waals surface area contributed by atoms with Crippen molar-refractivity contribution in [3.63, 3.8) is 0 Å². The molecule has 1 aromatic rings. The zero-order chi connectivity index (χ0) is 15.1. The first kappa shape index (κ1) is 14.8. The lowest BCUT2D eigenvalue weighted by Gasteiger charge is -2.28. The third-order valence-electron chi connectivity index (χ3n) is 3.67. The largest absolute Gasteiger partial charge is 0.393 e. The molecule has 7 nitrogen and oxygen atoms in total. The number of nitrogens with zero attached hydrogens (tertiary/aromatic N) is 1. The third-order valence-corrected chi connectivity index (χ3v) is 3.67. The molecule has 0 amide bonds. The van der Waals surface area contributed by atoms with E-state index < -0.39 is 54.2 Å². The fraction of sp³-hybridized carbons (Fsp3) is 0.636. The molecule has 1 saturated heterocycles. The standard InChI is InChI=1S/C11H14F2N2O5/c1-5-7(13)9(20-11(5,3-16)4-17)15-2-6(12)8(18)14-10(15)19/h2,5,7,9,16-17H,3-4H2,1H3,(H,14,18,19)/t5-,7-,9?/m0/s1. The third kappa shape index (κ3) is 2.07. The van der Waals surface area contributed by atoms with E-state index >= 15 is 0 Å². The molecule has 20 heavy (non-hydrogen) atoms. The number of halogens is 2. The zero-order valence-electron chi connectivity index (χ0n) is 10.5. The highest BCUT2D eigenvalue weighted by Crippen LogP contribution is 2.42. The number of aromatic nitrogens is 2. The second-order valence-corrected chi connectivity index (χ2v) is 4.77. The molecular weight excluding hydrogens is 278 g/mol. The van der Waals surface area contributed by atoms with Crippen molar-refractivity contribution < 1.29 is 23.7 Å². The molecule has 1 aliphatic rings. The molecule has 2 rings (SSSR count). The molecule has 0 saturated carbocycles. The van der Waals surface area contributed by atoms with Crippen molar-refractivity contribution in [2.24, 2.45) is 5.92 Å². The van der Waals surface area contributed by atoms with Crippen LogP contribution in [0.15, 0.2) is 15.8 Å². The molecule has 1 aliphatic heterocycles. The predicted molar refractivity (Wildman–Crippen MR) is 62.4 cm³/mol. The van der Waals surface area contributed by atoms with E-state index in [1.165, 1.54) is 6.92 Å². The second-order valence-electron chi connectivity index (χ2n) is 4.77. The molecule has 0 aliphatic carbocycles. The summed E-state index contributed by atoms with van der Waals surface area (Å²) in [5.74, 6) is -2.19. The highest BCUT2D eigenvalue weighted by atomic mass is 19.1. The van der Waals surface area contributed by atoms with Crippen LogP contribution in [0.25, 0.3) is 0 Å². The van der Waals surface area contributed by atoms with Gasteiger partial charge in [-0.1, -0.05) is 6.92 Å². The zero-order valence-corrected chi connectivity index (χ0v) is 10.5. The van der Waals surface area contributed by atoms with Gasteiger partial charge in [0.2, 0.25) is 5.82 Å². The normalized spacial score (nSPS) is 28.8. The Morgan fingerprint density at radius 3 is 2.55 bits per heavy atom. The Hall–Kier alpha value is -1.58. The van der Waals surface area contributed by atoms with Gasteiger partial charge in [-0.2, -0.15) is 4.39 Å². The first-order valence-corrected chi connectivity index (χ1v) is 5.91. The van der Waals surface area contributed by atoms with Gasteiger partial charge in [-0.25, -0.2) is 9.18 Å². The summed E-state index contributed by atoms with van der Waals surface area (Å²) in [5, 5.41) is 18.5. The molecular formula is C11H14F2N2O5. The lowest BCUT2D eigenvalue weighted by atomic mass is 9.89. The van der Waals surface area contributed by atoms with Crippen LogP contribution in [-0.2, 0) is 4.74 Å². The van der Waals surface area contributed by atoms with Crippen molar-refractivity contribution in [3.05, 3.63) is 32.9 Å². The molecule has 1 unspecified atom stereocenters. The van der Waals surface area contributed by atoms with Crippen molar-refractivity contribution in [3.8, 4) is 0 Å². The summed E-state index contributed by atoms with van der Waals surface area (Å²) in [7, 11) is 0. The van der Waals surface area contributed by atoms with Crippen LogP contribution in [0, 0.1) is 11.7 Å². The van der Waals surface area contributed by atoms with Gasteiger partial charge in [0.1, 0.15) is 5.60 Å². The van der Waals surface area contributed by atoms with E-state index in [4.69, 9.17) is 4.74 Å². The van der Waals surface area contributed by atoms with Gasteiger partial charge in [0.05, 0.1) is 19.4 Å². The first-order valence-electron chi connectivity index (χ1n) is 5.91. The molecule has 3 N–H and O–H groups in total. The maximum absolute atomic E-state index is 14.2. The van der Waals surface area contributed by atoms with Crippen LogP contribution in [0.2, 0.25) is 0 Å². The summed E-state index contributed by atoms with van der Waals surface area (Å²) in [6.45, 7) is 0.0640. The van der Waals surface area contributed by atoms with E-state index in [2.05, 4.69) is 0 Å². The molecule has 1 aromatic heterocycles. The number of hydrogen-bond donors (Lipinski definition) is 3. The maximum Gasteiger partial charge on any atom is 0.330 e. The van der Waals surface area contributed by atoms with E-state index in [0.29, 0.717) is 10.8 Å². The van der Waals surface area contributed by atoms with Gasteiger partial charge in [0.15, 0.2) is 12.4 Å². The van der Waals surface area contributed by atoms with Crippen LogP contribution in [-0.4, -0.2) is 44.8 Å². The van der Waals surface area contributed by atoms with Crippen LogP contribution < -0.4 is 11.2 Å². The summed E-state index contributed by atoms with van der Waals surface area (Å²) >= 11 is 0. The number of rotatable bonds is 3. The van der Waals surface area contributed by atoms with Gasteiger partial charge in [-0.05, 0) is 0 Å². The quantitative estimate of drug-likeness (QED) is 0.656. The van der Waals surface area contributed by atoms with Gasteiger partial charge in [0.25, 0.3) is 5.56 Å². The van der Waals surface area contributed by atoms with E-state index in [-0.39, 0.29) is 0 Å². The summed E-state index contributed by atoms with van der Waals surface area (Å²) in [6.07, 6.45) is -2.77. The topological polar surface area (TPSA) is 105 Å². The molecule has 0 spiro atoms. The number of H-pyrrole nitrogens is 1. The maximum atomic E-state index is 14.2. The van der Waals surface area contributed by atoms with Crippen LogP contribution in [0.1, 0.15) is 13.2 Å². The van der Waals surface area contributed by atoms with E-state index in [9.17, 15) is 28.6 Å². The molecule has 9 heteroatoms. The summed E-state index contributed by atoms with van der Waals surface area (Å²) in [6, 6.07) is 0. The average Bonchev–Trinajstić information content (AvgIpc) is 2.68. The Balaban J connectivity index is 2.47. The summed E-state index contributed by atoms with van der Waals surface area (Å²) in [4.78, 5) is 24.2. The smallest absolute Gasteiger partial charge is 0.330 e. The van der Waals surface area contributed by atoms with Crippen LogP contribution >= 0.6 is 0 Å². The highest BCUT2D eigenvalue weighted by Gasteiger charge is 2.53. The summed E-state index contributed by atoms with van der Waals surface area (Å²) < 4.78 is 33.2. The minimum absolute atomic E-state index is 0.538. The van der Waals surface area contributed by atoms with Crippen molar-refractivity contribution in [2.45, 2.75) is 24.9 Å². The number of aliphatic hydroxyl groups is 2. The number of nitrogens with one attached hydrogen (secondary N) is 1. The summed E-state index contributed by atoms with van der Waals surface area (Å²) in [5.41, 5.74) is -3.83. The van der Waals surface area contributed by atoms with Gasteiger partial charge < -0.3 is 14.9 Å². The van der Waals surface area contributed by atoms with Gasteiger partial charge in [-0.3, -0.25) is 14.3 Å². The Bertz CT molecular complexity index is 610. The predicted octanol–water partition coefficient (Wildman–Crippen LogP) is -1.10. The number of aromatic amines is 1. The van der Waals surface area contributed by atoms with E-state index in [1.54, 1.807) is 4.98 Å². The van der Waals surface area contributed by atoms with Crippen molar-refractivity contribution in [2.75, 3.05) is 13.2 Å². The Kier molecular flexibility index (Phi) is 3.76. The molecule has 1 fully saturated rings. The average molecular weight is 292 g/mol. The van der Waals surface area contributed by atoms with Gasteiger partial charge in [0, 0.05) is 5.92 Å². The van der Waals surface area contributed by atoms with Crippen molar-refractivity contribution >= 4 is 0 Å². The minimum atomic E-state index is -1.77. The number of aliphatic hydroxyl groups excluding tert-OH is 2. The molecule has 0 aromatic carbocycles. The highest BCUT2D eigenvalue weighted by molar-refractivity contribution is 5.00. The van der Waals surface area contributed by atoms with Crippen LogP contribution in [0.5, 0.6) is 0 Å². The number of alkyl halides is 1. The SMILES string of the molecule is C[C@H]1[C@H](F)C(n2cc(F)c(=O)[nH]c2=O)OC1(CO)CO. The first-order chi connectivity index (χ1) is 9.36. The Morgan fingerprint density at radius 1 is 1.45 bits per heavy atom. The lowest BCUT2D eigenvalue weighted by molar-refractivity contribution is -0.136. The van der Waals surface area contributed by atoms with Gasteiger partial charge in [-0.15, -0.1) is 0 Å². The molecule has 2 heterocycles. The lowest BCUT2D eigenvalue weighted by Crippen LogP contribution is -2.43. The van der Waals surface area contributed by atoms with Crippen molar-refractivity contribution in [1.82, 2.24) is 9.55 Å². The fourth-order valence-corrected chi connectivity index (χ4v) is 2.22. The molecule has 112 valence electrons. The Labute approximate surface area is 111 Å². The number of hydrogen-bond acceptors (Lipinski definition) is 5. The second kappa shape index (κ2) is 5.08. The van der Waals surface area contributed by atoms with Crippen molar-refractivity contribution in [1.29, 1.82) is 0 Å². The van der Waals surface area contributed by atoms with E-state index in [0.717, 1.165) is 0 Å². The molecule has 0 bridgehead atoms. The fourth-order valence-electron chi connectivity index (χ4n) is 2.22. The van der Waals surface area contributed by atoms with Crippen LogP contribution in [0.3, 0.4) is 0 Å². The monoisotopic (exact) mass is 292 g/mol.